The highest BCUT2D eigenvalue weighted by atomic mass is 32.2. The Hall–Kier alpha value is -3.05. The molecule has 0 aliphatic carbocycles. The monoisotopic (exact) mass is 517 g/mol. The smallest absolute Gasteiger partial charge is 0.269 e. The summed E-state index contributed by atoms with van der Waals surface area (Å²) < 4.78 is 72.9. The van der Waals surface area contributed by atoms with Crippen molar-refractivity contribution in [2.24, 2.45) is 5.92 Å². The van der Waals surface area contributed by atoms with E-state index in [1.807, 2.05) is 0 Å². The van der Waals surface area contributed by atoms with E-state index in [1.54, 1.807) is 38.1 Å². The third-order valence-electron chi connectivity index (χ3n) is 6.58. The van der Waals surface area contributed by atoms with Crippen molar-refractivity contribution < 1.29 is 25.7 Å². The molecule has 1 fully saturated rings. The van der Waals surface area contributed by atoms with Crippen LogP contribution in [-0.4, -0.2) is 42.5 Å². The second kappa shape index (κ2) is 8.56. The first kappa shape index (κ1) is 23.7. The Kier molecular flexibility index (Phi) is 5.79. The zero-order valence-electron chi connectivity index (χ0n) is 19.2. The summed E-state index contributed by atoms with van der Waals surface area (Å²) in [6.45, 7) is 3.54. The van der Waals surface area contributed by atoms with Crippen LogP contribution >= 0.6 is 0 Å². The Bertz CT molecular complexity index is 1590. The number of benzene rings is 1. The van der Waals surface area contributed by atoms with E-state index in [0.29, 0.717) is 28.0 Å². The van der Waals surface area contributed by atoms with Crippen molar-refractivity contribution >= 4 is 30.9 Å². The van der Waals surface area contributed by atoms with Gasteiger partial charge in [0.05, 0.1) is 22.1 Å². The summed E-state index contributed by atoms with van der Waals surface area (Å²) >= 11 is 0. The van der Waals surface area contributed by atoms with Crippen LogP contribution in [0.15, 0.2) is 58.2 Å². The van der Waals surface area contributed by atoms with E-state index in [1.165, 1.54) is 24.5 Å². The highest BCUT2D eigenvalue weighted by Crippen LogP contribution is 2.40. The van der Waals surface area contributed by atoms with E-state index < -0.39 is 32.0 Å². The Labute approximate surface area is 202 Å². The maximum absolute atomic E-state index is 16.0. The number of aromatic nitrogens is 3. The summed E-state index contributed by atoms with van der Waals surface area (Å²) in [5.74, 6) is -0.140. The molecule has 4 aromatic rings. The van der Waals surface area contributed by atoms with Crippen molar-refractivity contribution in [1.82, 2.24) is 14.1 Å². The summed E-state index contributed by atoms with van der Waals surface area (Å²) in [6.07, 6.45) is 1.61. The molecular weight excluding hydrogens is 493 g/mol. The zero-order chi connectivity index (χ0) is 25.0. The molecule has 1 atom stereocenters. The quantitative estimate of drug-likeness (QED) is 0.386. The van der Waals surface area contributed by atoms with Gasteiger partial charge in [-0.2, -0.15) is 0 Å². The zero-order valence-corrected chi connectivity index (χ0v) is 20.8. The fraction of sp³-hybridized carbons (Fsp3) is 0.333. The number of rotatable bonds is 5. The van der Waals surface area contributed by atoms with Crippen molar-refractivity contribution in [2.75, 3.05) is 11.5 Å². The van der Waals surface area contributed by atoms with Gasteiger partial charge in [-0.15, -0.1) is 0 Å². The van der Waals surface area contributed by atoms with Crippen molar-refractivity contribution in [3.8, 4) is 11.1 Å². The minimum Gasteiger partial charge on any atom is -0.361 e. The number of fused-ring (bicyclic) bond motifs is 1. The Morgan fingerprint density at radius 1 is 1.14 bits per heavy atom. The molecule has 8 nitrogen and oxygen atoms in total. The lowest BCUT2D eigenvalue weighted by molar-refractivity contribution is 0.219. The Morgan fingerprint density at radius 3 is 2.46 bits per heavy atom. The summed E-state index contributed by atoms with van der Waals surface area (Å²) in [7, 11) is -7.22. The van der Waals surface area contributed by atoms with Crippen LogP contribution in [0.5, 0.6) is 0 Å². The predicted octanol–water partition coefficient (Wildman–Crippen LogP) is 4.38. The van der Waals surface area contributed by atoms with Gasteiger partial charge in [0.15, 0.2) is 5.65 Å². The van der Waals surface area contributed by atoms with Gasteiger partial charge in [0, 0.05) is 34.5 Å². The van der Waals surface area contributed by atoms with Gasteiger partial charge in [-0.1, -0.05) is 23.4 Å². The number of pyridine rings is 1. The van der Waals surface area contributed by atoms with E-state index in [2.05, 4.69) is 10.1 Å². The number of hydrogen-bond donors (Lipinski definition) is 0. The molecule has 1 aliphatic rings. The Morgan fingerprint density at radius 2 is 1.83 bits per heavy atom. The fourth-order valence-corrected chi connectivity index (χ4v) is 7.58. The molecule has 0 spiro atoms. The van der Waals surface area contributed by atoms with Crippen LogP contribution in [-0.2, 0) is 19.9 Å². The molecule has 1 aliphatic heterocycles. The SMILES string of the molecule is Cc1noc(C)c1-c1cnc2c(c1)c(C(F)C1CCS(=O)(=O)CC1)cn2S(=O)(=O)c1ccccc1. The summed E-state index contributed by atoms with van der Waals surface area (Å²) in [5, 5.41) is 4.32. The lowest BCUT2D eigenvalue weighted by atomic mass is 9.91. The van der Waals surface area contributed by atoms with E-state index in [9.17, 15) is 16.8 Å². The maximum Gasteiger partial charge on any atom is 0.269 e. The summed E-state index contributed by atoms with van der Waals surface area (Å²) in [6, 6.07) is 9.58. The molecule has 0 N–H and O–H groups in total. The minimum absolute atomic E-state index is 0.0548. The Balaban J connectivity index is 1.69. The number of halogens is 1. The topological polar surface area (TPSA) is 112 Å². The van der Waals surface area contributed by atoms with Gasteiger partial charge < -0.3 is 4.52 Å². The van der Waals surface area contributed by atoms with Crippen LogP contribution in [0.3, 0.4) is 0 Å². The largest absolute Gasteiger partial charge is 0.361 e. The fourth-order valence-electron chi connectivity index (χ4n) is 4.70. The molecule has 0 amide bonds. The van der Waals surface area contributed by atoms with Crippen LogP contribution < -0.4 is 0 Å². The highest BCUT2D eigenvalue weighted by Gasteiger charge is 2.34. The second-order valence-corrected chi connectivity index (χ2v) is 13.0. The number of sulfone groups is 1. The van der Waals surface area contributed by atoms with Crippen LogP contribution in [0.2, 0.25) is 0 Å². The van der Waals surface area contributed by atoms with E-state index >= 15 is 4.39 Å². The van der Waals surface area contributed by atoms with Crippen LogP contribution in [0.4, 0.5) is 4.39 Å². The third-order valence-corrected chi connectivity index (χ3v) is 9.95. The molecule has 11 heteroatoms. The molecule has 1 saturated heterocycles. The molecule has 0 saturated carbocycles. The first-order chi connectivity index (χ1) is 16.6. The summed E-state index contributed by atoms with van der Waals surface area (Å²) in [5.41, 5.74) is 2.25. The number of nitrogens with zero attached hydrogens (tertiary/aromatic N) is 3. The first-order valence-corrected chi connectivity index (χ1v) is 14.4. The third kappa shape index (κ3) is 4.16. The molecule has 1 unspecified atom stereocenters. The average Bonchev–Trinajstić information content (AvgIpc) is 3.38. The second-order valence-electron chi connectivity index (χ2n) is 8.88. The van der Waals surface area contributed by atoms with Gasteiger partial charge in [-0.25, -0.2) is 30.2 Å². The maximum atomic E-state index is 16.0. The normalized spacial score (nSPS) is 17.6. The average molecular weight is 518 g/mol. The lowest BCUT2D eigenvalue weighted by Gasteiger charge is -2.24. The van der Waals surface area contributed by atoms with E-state index in [0.717, 1.165) is 3.97 Å². The van der Waals surface area contributed by atoms with Gasteiger partial charge >= 0.3 is 0 Å². The molecule has 4 heterocycles. The molecule has 184 valence electrons. The predicted molar refractivity (Wildman–Crippen MR) is 129 cm³/mol. The lowest BCUT2D eigenvalue weighted by Crippen LogP contribution is -2.25. The summed E-state index contributed by atoms with van der Waals surface area (Å²) in [4.78, 5) is 4.49. The van der Waals surface area contributed by atoms with Gasteiger partial charge in [0.1, 0.15) is 21.8 Å². The highest BCUT2D eigenvalue weighted by molar-refractivity contribution is 7.91. The van der Waals surface area contributed by atoms with Crippen molar-refractivity contribution in [1.29, 1.82) is 0 Å². The van der Waals surface area contributed by atoms with Crippen LogP contribution in [0.1, 0.15) is 36.0 Å². The van der Waals surface area contributed by atoms with Crippen molar-refractivity contribution in [2.45, 2.75) is 37.8 Å². The molecule has 1 aromatic carbocycles. The van der Waals surface area contributed by atoms with Crippen LogP contribution in [0.25, 0.3) is 22.2 Å². The molecular formula is C24H24FN3O5S2. The van der Waals surface area contributed by atoms with Crippen molar-refractivity contribution in [3.05, 3.63) is 65.8 Å². The van der Waals surface area contributed by atoms with Gasteiger partial charge in [-0.3, -0.25) is 0 Å². The molecule has 5 rings (SSSR count). The van der Waals surface area contributed by atoms with Crippen molar-refractivity contribution in [3.63, 3.8) is 0 Å². The van der Waals surface area contributed by atoms with E-state index in [4.69, 9.17) is 4.52 Å². The van der Waals surface area contributed by atoms with Gasteiger partial charge in [0.25, 0.3) is 10.0 Å². The first-order valence-electron chi connectivity index (χ1n) is 11.2. The van der Waals surface area contributed by atoms with Crippen LogP contribution in [0, 0.1) is 19.8 Å². The minimum atomic E-state index is -4.05. The molecule has 0 radical (unpaired) electrons. The van der Waals surface area contributed by atoms with Gasteiger partial charge in [-0.05, 0) is 50.8 Å². The number of hydrogen-bond acceptors (Lipinski definition) is 7. The van der Waals surface area contributed by atoms with E-state index in [-0.39, 0.29) is 40.5 Å². The molecule has 0 bridgehead atoms. The standard InChI is InChI=1S/C24H24FN3O5S2/c1-15-22(16(2)33-27-15)18-12-20-21(23(25)17-8-10-34(29,30)11-9-17)14-28(24(20)26-13-18)35(31,32)19-6-4-3-5-7-19/h3-7,12-14,17,23H,8-11H2,1-2H3. The number of alkyl halides is 1. The molecule has 35 heavy (non-hydrogen) atoms. The molecule has 3 aromatic heterocycles. The number of aryl methyl sites for hydroxylation is 2. The van der Waals surface area contributed by atoms with Gasteiger partial charge in [0.2, 0.25) is 0 Å².